The minimum atomic E-state index is -1.23. The zero-order chi connectivity index (χ0) is 12.6. The van der Waals surface area contributed by atoms with Crippen LogP contribution in [0.1, 0.15) is 11.7 Å². The number of nitrogen functional groups attached to an aromatic ring is 1. The fourth-order valence-corrected chi connectivity index (χ4v) is 1.80. The minimum Gasteiger partial charge on any atom is -0.394 e. The molecule has 0 aromatic carbocycles. The van der Waals surface area contributed by atoms with Gasteiger partial charge in [-0.05, 0) is 0 Å². The van der Waals surface area contributed by atoms with Crippen LogP contribution in [-0.4, -0.2) is 50.2 Å². The summed E-state index contributed by atoms with van der Waals surface area (Å²) in [6.07, 6.45) is -3.08. The number of hydrogen-bond donors (Lipinski definition) is 5. The number of aliphatic hydroxyl groups excluding tert-OH is 3. The van der Waals surface area contributed by atoms with Crippen molar-refractivity contribution in [2.75, 3.05) is 12.3 Å². The van der Waals surface area contributed by atoms with Crippen molar-refractivity contribution in [1.29, 1.82) is 0 Å². The molecule has 6 N–H and O–H groups in total. The number of H-pyrrole nitrogens is 1. The zero-order valence-corrected chi connectivity index (χ0v) is 8.78. The Bertz CT molecular complexity index is 462. The SMILES string of the molecule is Nc1[nH]c(=O)ncc1[C@@H]1O[C@H](CO)[C@H](O)[C@@H]1O. The van der Waals surface area contributed by atoms with Crippen LogP contribution in [0.25, 0.3) is 0 Å². The summed E-state index contributed by atoms with van der Waals surface area (Å²) in [6.45, 7) is -0.425. The molecule has 8 nitrogen and oxygen atoms in total. The molecule has 1 aromatic rings. The molecule has 1 aliphatic rings. The van der Waals surface area contributed by atoms with Crippen molar-refractivity contribution in [2.24, 2.45) is 0 Å². The Morgan fingerprint density at radius 2 is 2.18 bits per heavy atom. The van der Waals surface area contributed by atoms with Crippen molar-refractivity contribution < 1.29 is 20.1 Å². The third kappa shape index (κ3) is 2.03. The predicted molar refractivity (Wildman–Crippen MR) is 56.0 cm³/mol. The Morgan fingerprint density at radius 1 is 1.47 bits per heavy atom. The molecule has 0 aliphatic carbocycles. The molecular formula is C9H13N3O5. The fraction of sp³-hybridized carbons (Fsp3) is 0.556. The molecule has 0 bridgehead atoms. The lowest BCUT2D eigenvalue weighted by Gasteiger charge is -2.15. The number of ether oxygens (including phenoxy) is 1. The van der Waals surface area contributed by atoms with E-state index in [0.717, 1.165) is 0 Å². The number of nitrogens with two attached hydrogens (primary N) is 1. The van der Waals surface area contributed by atoms with Gasteiger partial charge in [-0.3, -0.25) is 4.98 Å². The van der Waals surface area contributed by atoms with E-state index in [-0.39, 0.29) is 11.4 Å². The Labute approximate surface area is 95.7 Å². The van der Waals surface area contributed by atoms with Crippen LogP contribution in [0, 0.1) is 0 Å². The summed E-state index contributed by atoms with van der Waals surface area (Å²) in [6, 6.07) is 0. The molecule has 0 saturated carbocycles. The van der Waals surface area contributed by atoms with E-state index >= 15 is 0 Å². The van der Waals surface area contributed by atoms with E-state index in [0.29, 0.717) is 0 Å². The molecular weight excluding hydrogens is 230 g/mol. The molecule has 2 heterocycles. The third-order valence-electron chi connectivity index (χ3n) is 2.72. The van der Waals surface area contributed by atoms with Gasteiger partial charge in [0.25, 0.3) is 0 Å². The summed E-state index contributed by atoms with van der Waals surface area (Å²) < 4.78 is 5.25. The van der Waals surface area contributed by atoms with Gasteiger partial charge in [-0.25, -0.2) is 9.78 Å². The van der Waals surface area contributed by atoms with Crippen LogP contribution >= 0.6 is 0 Å². The lowest BCUT2D eigenvalue weighted by Crippen LogP contribution is -2.32. The molecule has 1 aliphatic heterocycles. The smallest absolute Gasteiger partial charge is 0.346 e. The first kappa shape index (κ1) is 12.0. The molecule has 1 aromatic heterocycles. The van der Waals surface area contributed by atoms with Crippen LogP contribution in [0.3, 0.4) is 0 Å². The first-order valence-electron chi connectivity index (χ1n) is 5.01. The highest BCUT2D eigenvalue weighted by atomic mass is 16.6. The van der Waals surface area contributed by atoms with Gasteiger partial charge in [0.1, 0.15) is 30.2 Å². The second-order valence-electron chi connectivity index (χ2n) is 3.82. The average Bonchev–Trinajstić information content (AvgIpc) is 2.57. The quantitative estimate of drug-likeness (QED) is 0.386. The first-order chi connectivity index (χ1) is 8.04. The monoisotopic (exact) mass is 243 g/mol. The average molecular weight is 243 g/mol. The second-order valence-corrected chi connectivity index (χ2v) is 3.82. The van der Waals surface area contributed by atoms with Gasteiger partial charge in [0, 0.05) is 11.8 Å². The first-order valence-corrected chi connectivity index (χ1v) is 5.01. The summed E-state index contributed by atoms with van der Waals surface area (Å²) >= 11 is 0. The van der Waals surface area contributed by atoms with Crippen LogP contribution in [0.2, 0.25) is 0 Å². The van der Waals surface area contributed by atoms with Crippen molar-refractivity contribution in [3.63, 3.8) is 0 Å². The number of nitrogens with zero attached hydrogens (tertiary/aromatic N) is 1. The number of aromatic nitrogens is 2. The van der Waals surface area contributed by atoms with Crippen molar-refractivity contribution >= 4 is 5.82 Å². The van der Waals surface area contributed by atoms with Gasteiger partial charge in [0.05, 0.1) is 6.61 Å². The molecule has 17 heavy (non-hydrogen) atoms. The van der Waals surface area contributed by atoms with Gasteiger partial charge in [-0.15, -0.1) is 0 Å². The maximum absolute atomic E-state index is 10.9. The van der Waals surface area contributed by atoms with Crippen molar-refractivity contribution in [3.8, 4) is 0 Å². The van der Waals surface area contributed by atoms with Gasteiger partial charge in [0.2, 0.25) is 0 Å². The van der Waals surface area contributed by atoms with E-state index < -0.39 is 36.7 Å². The molecule has 1 fully saturated rings. The van der Waals surface area contributed by atoms with Crippen molar-refractivity contribution in [2.45, 2.75) is 24.4 Å². The number of anilines is 1. The van der Waals surface area contributed by atoms with E-state index in [2.05, 4.69) is 9.97 Å². The normalized spacial score (nSPS) is 32.9. The van der Waals surface area contributed by atoms with Gasteiger partial charge < -0.3 is 25.8 Å². The Morgan fingerprint density at radius 3 is 2.71 bits per heavy atom. The lowest BCUT2D eigenvalue weighted by molar-refractivity contribution is -0.0227. The van der Waals surface area contributed by atoms with E-state index in [1.54, 1.807) is 0 Å². The van der Waals surface area contributed by atoms with Crippen LogP contribution < -0.4 is 11.4 Å². The molecule has 1 saturated heterocycles. The number of hydrogen-bond acceptors (Lipinski definition) is 7. The van der Waals surface area contributed by atoms with E-state index in [1.165, 1.54) is 6.20 Å². The Hall–Kier alpha value is -1.48. The maximum Gasteiger partial charge on any atom is 0.346 e. The molecule has 0 unspecified atom stereocenters. The van der Waals surface area contributed by atoms with E-state index in [9.17, 15) is 15.0 Å². The van der Waals surface area contributed by atoms with E-state index in [4.69, 9.17) is 15.6 Å². The zero-order valence-electron chi connectivity index (χ0n) is 8.78. The Balaban J connectivity index is 2.32. The molecule has 94 valence electrons. The molecule has 0 amide bonds. The highest BCUT2D eigenvalue weighted by molar-refractivity contribution is 5.39. The molecule has 8 heteroatoms. The lowest BCUT2D eigenvalue weighted by atomic mass is 10.0. The summed E-state index contributed by atoms with van der Waals surface area (Å²) in [4.78, 5) is 16.6. The highest BCUT2D eigenvalue weighted by Gasteiger charge is 2.43. The molecule has 4 atom stereocenters. The number of aliphatic hydroxyl groups is 3. The van der Waals surface area contributed by atoms with Crippen molar-refractivity contribution in [1.82, 2.24) is 9.97 Å². The summed E-state index contributed by atoms with van der Waals surface area (Å²) in [5.41, 5.74) is 5.22. The molecule has 2 rings (SSSR count). The third-order valence-corrected chi connectivity index (χ3v) is 2.72. The van der Waals surface area contributed by atoms with Crippen LogP contribution in [0.15, 0.2) is 11.0 Å². The van der Waals surface area contributed by atoms with Gasteiger partial charge in [-0.1, -0.05) is 0 Å². The van der Waals surface area contributed by atoms with Crippen molar-refractivity contribution in [3.05, 3.63) is 22.2 Å². The van der Waals surface area contributed by atoms with E-state index in [1.807, 2.05) is 0 Å². The standard InChI is InChI=1S/C9H13N3O5/c10-8-3(1-11-9(16)12-8)7-6(15)5(14)4(2-13)17-7/h1,4-7,13-15H,2H2,(H3,10,11,12,16)/t4-,5+,6+,7+/m1/s1. The number of aromatic amines is 1. The molecule has 0 radical (unpaired) electrons. The minimum absolute atomic E-state index is 0.0137. The maximum atomic E-state index is 10.9. The van der Waals surface area contributed by atoms with Gasteiger partial charge >= 0.3 is 5.69 Å². The van der Waals surface area contributed by atoms with Gasteiger partial charge in [0.15, 0.2) is 0 Å². The summed E-state index contributed by atoms with van der Waals surface area (Å²) in [7, 11) is 0. The Kier molecular flexibility index (Phi) is 3.11. The summed E-state index contributed by atoms with van der Waals surface area (Å²) in [5, 5.41) is 28.2. The van der Waals surface area contributed by atoms with Crippen LogP contribution in [0.4, 0.5) is 5.82 Å². The highest BCUT2D eigenvalue weighted by Crippen LogP contribution is 2.34. The fourth-order valence-electron chi connectivity index (χ4n) is 1.80. The second kappa shape index (κ2) is 4.41. The van der Waals surface area contributed by atoms with Gasteiger partial charge in [-0.2, -0.15) is 0 Å². The van der Waals surface area contributed by atoms with Crippen LogP contribution in [-0.2, 0) is 4.74 Å². The molecule has 0 spiro atoms. The topological polar surface area (TPSA) is 142 Å². The summed E-state index contributed by atoms with van der Waals surface area (Å²) in [5.74, 6) is 0.0137. The van der Waals surface area contributed by atoms with Crippen LogP contribution in [0.5, 0.6) is 0 Å². The number of rotatable bonds is 2. The number of nitrogens with one attached hydrogen (secondary N) is 1. The predicted octanol–water partition coefficient (Wildman–Crippen LogP) is -2.49. The largest absolute Gasteiger partial charge is 0.394 e.